The van der Waals surface area contributed by atoms with Crippen LogP contribution in [0.25, 0.3) is 6.08 Å². The molecule has 0 aliphatic carbocycles. The number of aryl methyl sites for hydroxylation is 1. The second-order valence-electron chi connectivity index (χ2n) is 6.10. The molecule has 1 fully saturated rings. The number of anilines is 1. The van der Waals surface area contributed by atoms with Gasteiger partial charge in [0.25, 0.3) is 0 Å². The minimum absolute atomic E-state index is 0.173. The van der Waals surface area contributed by atoms with Crippen molar-refractivity contribution in [2.45, 2.75) is 26.1 Å². The highest BCUT2D eigenvalue weighted by Crippen LogP contribution is 2.27. The summed E-state index contributed by atoms with van der Waals surface area (Å²) in [5.41, 5.74) is 1.07. The molecule has 1 saturated heterocycles. The van der Waals surface area contributed by atoms with Crippen molar-refractivity contribution in [2.75, 3.05) is 18.4 Å². The number of rotatable bonds is 3. The fraction of sp³-hybridized carbons (Fsp3) is 0.353. The molecule has 0 saturated carbocycles. The lowest BCUT2D eigenvalue weighted by Crippen LogP contribution is -2.39. The molecule has 1 aromatic carbocycles. The number of carbonyl (C=O) groups is 1. The van der Waals surface area contributed by atoms with E-state index in [0.29, 0.717) is 43.0 Å². The third kappa shape index (κ3) is 5.41. The number of halogens is 4. The van der Waals surface area contributed by atoms with E-state index >= 15 is 0 Å². The normalized spacial score (nSPS) is 14.8. The van der Waals surface area contributed by atoms with Crippen molar-refractivity contribution in [3.05, 3.63) is 41.0 Å². The molecule has 2 amide bonds. The molecule has 0 radical (unpaired) electrons. The molecule has 0 bridgehead atoms. The predicted octanol–water partition coefficient (Wildman–Crippen LogP) is 4.60. The van der Waals surface area contributed by atoms with E-state index in [1.54, 1.807) is 17.9 Å². The van der Waals surface area contributed by atoms with Gasteiger partial charge >= 0.3 is 12.4 Å². The Bertz CT molecular complexity index is 888. The number of nitrogens with zero attached hydrogens (tertiary/aromatic N) is 3. The molecule has 1 aromatic heterocycles. The standard InChI is InChI=1S/C17H16F4N4O2S/c1-10-22-15(28-24-10)23-16(26)25-6-4-11(5-7-25)8-12-2-3-13(9-14(12)18)27-17(19,20)21/h2-3,8-9H,4-7H2,1H3,(H,22,23,24,26). The SMILES string of the molecule is Cc1nsc(NC(=O)N2CCC(=Cc3ccc(OC(F)(F)F)cc3F)CC2)n1. The van der Waals surface area contributed by atoms with E-state index in [1.165, 1.54) is 6.07 Å². The van der Waals surface area contributed by atoms with Gasteiger partial charge in [-0.1, -0.05) is 11.6 Å². The number of likely N-dealkylation sites (tertiary alicyclic amines) is 1. The maximum atomic E-state index is 14.1. The molecule has 2 aromatic rings. The van der Waals surface area contributed by atoms with Crippen molar-refractivity contribution in [1.29, 1.82) is 0 Å². The van der Waals surface area contributed by atoms with Crippen LogP contribution in [0.2, 0.25) is 0 Å². The van der Waals surface area contributed by atoms with Crippen LogP contribution in [-0.4, -0.2) is 39.7 Å². The van der Waals surface area contributed by atoms with Crippen molar-refractivity contribution < 1.29 is 27.1 Å². The molecular weight excluding hydrogens is 400 g/mol. The van der Waals surface area contributed by atoms with Crippen LogP contribution >= 0.6 is 11.5 Å². The maximum Gasteiger partial charge on any atom is 0.573 e. The third-order valence-corrected chi connectivity index (χ3v) is 4.72. The maximum absolute atomic E-state index is 14.1. The summed E-state index contributed by atoms with van der Waals surface area (Å²) in [5.74, 6) is -0.829. The summed E-state index contributed by atoms with van der Waals surface area (Å²) in [6, 6.07) is 2.72. The van der Waals surface area contributed by atoms with E-state index in [4.69, 9.17) is 0 Å². The molecule has 1 aliphatic rings. The first kappa shape index (κ1) is 20.1. The Hall–Kier alpha value is -2.69. The number of carbonyl (C=O) groups excluding carboxylic acids is 1. The predicted molar refractivity (Wildman–Crippen MR) is 95.5 cm³/mol. The second-order valence-corrected chi connectivity index (χ2v) is 6.85. The van der Waals surface area contributed by atoms with Crippen molar-refractivity contribution in [2.24, 2.45) is 0 Å². The van der Waals surface area contributed by atoms with Crippen LogP contribution in [0, 0.1) is 12.7 Å². The van der Waals surface area contributed by atoms with Gasteiger partial charge in [-0.25, -0.2) is 14.2 Å². The van der Waals surface area contributed by atoms with Crippen molar-refractivity contribution in [3.8, 4) is 5.75 Å². The van der Waals surface area contributed by atoms with E-state index in [-0.39, 0.29) is 11.6 Å². The molecule has 3 rings (SSSR count). The zero-order valence-corrected chi connectivity index (χ0v) is 15.5. The highest BCUT2D eigenvalue weighted by atomic mass is 32.1. The third-order valence-electron chi connectivity index (χ3n) is 4.00. The lowest BCUT2D eigenvalue weighted by molar-refractivity contribution is -0.274. The van der Waals surface area contributed by atoms with Gasteiger partial charge in [0.1, 0.15) is 17.4 Å². The topological polar surface area (TPSA) is 67.4 Å². The van der Waals surface area contributed by atoms with Gasteiger partial charge in [-0.15, -0.1) is 13.2 Å². The minimum atomic E-state index is -4.87. The van der Waals surface area contributed by atoms with E-state index in [9.17, 15) is 22.4 Å². The van der Waals surface area contributed by atoms with Gasteiger partial charge in [0.2, 0.25) is 5.13 Å². The first-order valence-electron chi connectivity index (χ1n) is 8.30. The van der Waals surface area contributed by atoms with E-state index in [0.717, 1.165) is 23.2 Å². The van der Waals surface area contributed by atoms with Crippen molar-refractivity contribution in [3.63, 3.8) is 0 Å². The van der Waals surface area contributed by atoms with E-state index < -0.39 is 17.9 Å². The number of hydrogen-bond donors (Lipinski definition) is 1. The Kier molecular flexibility index (Phi) is 5.82. The number of alkyl halides is 3. The molecule has 150 valence electrons. The van der Waals surface area contributed by atoms with Crippen LogP contribution in [0.5, 0.6) is 5.75 Å². The number of aromatic nitrogens is 2. The number of piperidine rings is 1. The first-order chi connectivity index (χ1) is 13.2. The van der Waals surface area contributed by atoms with Crippen LogP contribution in [0.3, 0.4) is 0 Å². The van der Waals surface area contributed by atoms with E-state index in [2.05, 4.69) is 19.4 Å². The quantitative estimate of drug-likeness (QED) is 0.743. The Balaban J connectivity index is 1.58. The Morgan fingerprint density at radius 1 is 1.32 bits per heavy atom. The molecule has 0 unspecified atom stereocenters. The summed E-state index contributed by atoms with van der Waals surface area (Å²) in [4.78, 5) is 17.9. The van der Waals surface area contributed by atoms with E-state index in [1.807, 2.05) is 0 Å². The number of amides is 2. The van der Waals surface area contributed by atoms with Gasteiger partial charge < -0.3 is 9.64 Å². The molecule has 2 heterocycles. The van der Waals surface area contributed by atoms with Crippen molar-refractivity contribution >= 4 is 28.8 Å². The summed E-state index contributed by atoms with van der Waals surface area (Å²) in [6.45, 7) is 2.60. The minimum Gasteiger partial charge on any atom is -0.406 e. The van der Waals surface area contributed by atoms with Crippen LogP contribution in [-0.2, 0) is 0 Å². The number of benzene rings is 1. The molecule has 0 spiro atoms. The molecule has 28 heavy (non-hydrogen) atoms. The largest absolute Gasteiger partial charge is 0.573 e. The summed E-state index contributed by atoms with van der Waals surface area (Å²) in [7, 11) is 0. The van der Waals surface area contributed by atoms with Crippen LogP contribution < -0.4 is 10.1 Å². The Morgan fingerprint density at radius 2 is 2.04 bits per heavy atom. The monoisotopic (exact) mass is 416 g/mol. The fourth-order valence-corrected chi connectivity index (χ4v) is 3.27. The second kappa shape index (κ2) is 8.13. The number of hydrogen-bond acceptors (Lipinski definition) is 5. The highest BCUT2D eigenvalue weighted by Gasteiger charge is 2.31. The number of ether oxygens (including phenoxy) is 1. The average molecular weight is 416 g/mol. The fourth-order valence-electron chi connectivity index (χ4n) is 2.70. The summed E-state index contributed by atoms with van der Waals surface area (Å²) in [6.07, 6.45) is -2.21. The number of urea groups is 1. The van der Waals surface area contributed by atoms with Crippen LogP contribution in [0.15, 0.2) is 23.8 Å². The summed E-state index contributed by atoms with van der Waals surface area (Å²) < 4.78 is 58.3. The van der Waals surface area contributed by atoms with Gasteiger partial charge in [-0.3, -0.25) is 5.32 Å². The highest BCUT2D eigenvalue weighted by molar-refractivity contribution is 7.09. The molecular formula is C17H16F4N4O2S. The molecule has 1 aliphatic heterocycles. The molecule has 11 heteroatoms. The van der Waals surface area contributed by atoms with Gasteiger partial charge in [-0.2, -0.15) is 4.37 Å². The Labute approximate surface area is 162 Å². The zero-order chi connectivity index (χ0) is 20.3. The number of nitrogens with one attached hydrogen (secondary N) is 1. The smallest absolute Gasteiger partial charge is 0.406 e. The van der Waals surface area contributed by atoms with Gasteiger partial charge in [0.15, 0.2) is 0 Å². The molecule has 1 N–H and O–H groups in total. The lowest BCUT2D eigenvalue weighted by Gasteiger charge is -2.28. The summed E-state index contributed by atoms with van der Waals surface area (Å²) >= 11 is 1.10. The van der Waals surface area contributed by atoms with Crippen LogP contribution in [0.1, 0.15) is 24.2 Å². The lowest BCUT2D eigenvalue weighted by atomic mass is 10.0. The average Bonchev–Trinajstić information content (AvgIpc) is 3.01. The Morgan fingerprint density at radius 3 is 2.61 bits per heavy atom. The summed E-state index contributed by atoms with van der Waals surface area (Å²) in [5, 5.41) is 3.10. The van der Waals surface area contributed by atoms with Crippen LogP contribution in [0.4, 0.5) is 27.5 Å². The van der Waals surface area contributed by atoms with Gasteiger partial charge in [0, 0.05) is 36.3 Å². The van der Waals surface area contributed by atoms with Gasteiger partial charge in [0.05, 0.1) is 0 Å². The van der Waals surface area contributed by atoms with Gasteiger partial charge in [-0.05, 0) is 31.9 Å². The van der Waals surface area contributed by atoms with Crippen molar-refractivity contribution in [1.82, 2.24) is 14.3 Å². The zero-order valence-electron chi connectivity index (χ0n) is 14.7. The molecule has 0 atom stereocenters. The first-order valence-corrected chi connectivity index (χ1v) is 9.08. The molecule has 6 nitrogen and oxygen atoms in total.